The van der Waals surface area contributed by atoms with Crippen LogP contribution >= 0.6 is 0 Å². The molecule has 23 heavy (non-hydrogen) atoms. The fraction of sp³-hybridized carbons (Fsp3) is 0.294. The molecule has 1 N–H and O–H groups in total. The molecule has 0 bridgehead atoms. The summed E-state index contributed by atoms with van der Waals surface area (Å²) < 4.78 is 15.5. The maximum Gasteiger partial charge on any atom is 0.157 e. The molecule has 4 rings (SSSR count). The zero-order valence-corrected chi connectivity index (χ0v) is 12.7. The second-order valence-corrected chi connectivity index (χ2v) is 5.72. The van der Waals surface area contributed by atoms with Gasteiger partial charge < -0.3 is 10.2 Å². The van der Waals surface area contributed by atoms with E-state index in [2.05, 4.69) is 26.4 Å². The van der Waals surface area contributed by atoms with E-state index in [0.717, 1.165) is 37.5 Å². The Morgan fingerprint density at radius 2 is 1.96 bits per heavy atom. The monoisotopic (exact) mass is 311 g/mol. The van der Waals surface area contributed by atoms with Gasteiger partial charge in [0.2, 0.25) is 0 Å². The number of halogens is 1. The zero-order chi connectivity index (χ0) is 15.6. The molecule has 0 aliphatic carbocycles. The lowest BCUT2D eigenvalue weighted by Gasteiger charge is -2.29. The quantitative estimate of drug-likeness (QED) is 0.802. The smallest absolute Gasteiger partial charge is 0.157 e. The molecule has 0 radical (unpaired) electrons. The zero-order valence-electron chi connectivity index (χ0n) is 12.7. The molecule has 0 atom stereocenters. The minimum atomic E-state index is -0.215. The summed E-state index contributed by atoms with van der Waals surface area (Å²) >= 11 is 0. The number of nitrogens with zero attached hydrogens (tertiary/aromatic N) is 4. The van der Waals surface area contributed by atoms with Gasteiger partial charge in [0, 0.05) is 50.6 Å². The standard InChI is InChI=1S/C17H18FN5/c18-15-4-2-1-3-13(15)11-16-20-17-12-14(5-8-23(17)21-16)22-9-6-19-7-10-22/h1-5,8,12,19H,6-7,9-11H2. The third kappa shape index (κ3) is 2.90. The van der Waals surface area contributed by atoms with Crippen LogP contribution < -0.4 is 10.2 Å². The highest BCUT2D eigenvalue weighted by Crippen LogP contribution is 2.18. The number of aromatic nitrogens is 3. The summed E-state index contributed by atoms with van der Waals surface area (Å²) in [6.07, 6.45) is 2.32. The van der Waals surface area contributed by atoms with Crippen molar-refractivity contribution in [3.8, 4) is 0 Å². The molecule has 1 aromatic carbocycles. The molecule has 5 nitrogen and oxygen atoms in total. The first-order chi connectivity index (χ1) is 11.3. The number of anilines is 1. The summed E-state index contributed by atoms with van der Waals surface area (Å²) in [6.45, 7) is 3.98. The van der Waals surface area contributed by atoms with E-state index in [1.54, 1.807) is 16.6 Å². The molecule has 2 aromatic heterocycles. The van der Waals surface area contributed by atoms with E-state index in [0.29, 0.717) is 17.8 Å². The van der Waals surface area contributed by atoms with E-state index in [4.69, 9.17) is 0 Å². The summed E-state index contributed by atoms with van der Waals surface area (Å²) in [7, 11) is 0. The van der Waals surface area contributed by atoms with Crippen molar-refractivity contribution in [3.63, 3.8) is 0 Å². The molecule has 1 aliphatic heterocycles. The van der Waals surface area contributed by atoms with Gasteiger partial charge in [-0.1, -0.05) is 18.2 Å². The van der Waals surface area contributed by atoms with Crippen LogP contribution in [-0.2, 0) is 6.42 Å². The molecule has 3 heterocycles. The highest BCUT2D eigenvalue weighted by atomic mass is 19.1. The summed E-state index contributed by atoms with van der Waals surface area (Å²) in [4.78, 5) is 6.88. The number of benzene rings is 1. The van der Waals surface area contributed by atoms with Crippen LogP contribution in [0.2, 0.25) is 0 Å². The number of rotatable bonds is 3. The van der Waals surface area contributed by atoms with E-state index in [1.165, 1.54) is 6.07 Å². The lowest BCUT2D eigenvalue weighted by Crippen LogP contribution is -2.43. The second-order valence-electron chi connectivity index (χ2n) is 5.72. The summed E-state index contributed by atoms with van der Waals surface area (Å²) in [5.74, 6) is 0.417. The molecule has 1 aliphatic rings. The molecule has 6 heteroatoms. The highest BCUT2D eigenvalue weighted by Gasteiger charge is 2.13. The molecule has 0 spiro atoms. The first-order valence-electron chi connectivity index (χ1n) is 7.84. The third-order valence-corrected chi connectivity index (χ3v) is 4.15. The SMILES string of the molecule is Fc1ccccc1Cc1nc2cc(N3CCNCC3)ccn2n1. The Bertz CT molecular complexity index is 823. The number of fused-ring (bicyclic) bond motifs is 1. The van der Waals surface area contributed by atoms with Crippen molar-refractivity contribution in [1.82, 2.24) is 19.9 Å². The Morgan fingerprint density at radius 3 is 2.78 bits per heavy atom. The molecular weight excluding hydrogens is 293 g/mol. The fourth-order valence-electron chi connectivity index (χ4n) is 2.92. The normalized spacial score (nSPS) is 15.3. The Morgan fingerprint density at radius 1 is 1.13 bits per heavy atom. The van der Waals surface area contributed by atoms with Crippen molar-refractivity contribution >= 4 is 11.3 Å². The maximum absolute atomic E-state index is 13.8. The van der Waals surface area contributed by atoms with Gasteiger partial charge in [-0.25, -0.2) is 13.9 Å². The first kappa shape index (κ1) is 14.1. The average Bonchev–Trinajstić information content (AvgIpc) is 2.99. The Hall–Kier alpha value is -2.47. The first-order valence-corrected chi connectivity index (χ1v) is 7.84. The van der Waals surface area contributed by atoms with Crippen LogP contribution in [0.5, 0.6) is 0 Å². The van der Waals surface area contributed by atoms with Crippen LogP contribution in [0, 0.1) is 5.82 Å². The number of hydrogen-bond acceptors (Lipinski definition) is 4. The van der Waals surface area contributed by atoms with E-state index in [1.807, 2.05) is 18.3 Å². The number of nitrogens with one attached hydrogen (secondary N) is 1. The van der Waals surface area contributed by atoms with Gasteiger partial charge in [-0.2, -0.15) is 5.10 Å². The molecule has 1 fully saturated rings. The van der Waals surface area contributed by atoms with E-state index in [-0.39, 0.29) is 5.82 Å². The van der Waals surface area contributed by atoms with Crippen molar-refractivity contribution < 1.29 is 4.39 Å². The van der Waals surface area contributed by atoms with Gasteiger partial charge in [-0.05, 0) is 17.7 Å². The van der Waals surface area contributed by atoms with Gasteiger partial charge in [0.05, 0.1) is 0 Å². The third-order valence-electron chi connectivity index (χ3n) is 4.15. The van der Waals surface area contributed by atoms with Crippen LogP contribution in [0.4, 0.5) is 10.1 Å². The van der Waals surface area contributed by atoms with E-state index < -0.39 is 0 Å². The van der Waals surface area contributed by atoms with Crippen molar-refractivity contribution in [2.75, 3.05) is 31.1 Å². The second kappa shape index (κ2) is 5.96. The summed E-state index contributed by atoms with van der Waals surface area (Å²) in [5, 5.41) is 7.79. The van der Waals surface area contributed by atoms with Crippen LogP contribution in [0.15, 0.2) is 42.6 Å². The summed E-state index contributed by atoms with van der Waals surface area (Å²) in [5.41, 5.74) is 2.57. The predicted molar refractivity (Wildman–Crippen MR) is 87.3 cm³/mol. The van der Waals surface area contributed by atoms with Gasteiger partial charge in [0.15, 0.2) is 11.5 Å². The molecule has 0 amide bonds. The van der Waals surface area contributed by atoms with Crippen LogP contribution in [-0.4, -0.2) is 40.8 Å². The van der Waals surface area contributed by atoms with E-state index in [9.17, 15) is 4.39 Å². The van der Waals surface area contributed by atoms with Crippen molar-refractivity contribution in [2.24, 2.45) is 0 Å². The lowest BCUT2D eigenvalue weighted by molar-refractivity contribution is 0.589. The molecular formula is C17H18FN5. The minimum Gasteiger partial charge on any atom is -0.369 e. The number of pyridine rings is 1. The minimum absolute atomic E-state index is 0.215. The Kier molecular flexibility index (Phi) is 3.67. The van der Waals surface area contributed by atoms with Gasteiger partial charge in [0.25, 0.3) is 0 Å². The van der Waals surface area contributed by atoms with Crippen LogP contribution in [0.3, 0.4) is 0 Å². The Labute approximate surface area is 133 Å². The largest absolute Gasteiger partial charge is 0.369 e. The molecule has 3 aromatic rings. The van der Waals surface area contributed by atoms with Gasteiger partial charge in [-0.3, -0.25) is 0 Å². The number of piperazine rings is 1. The lowest BCUT2D eigenvalue weighted by atomic mass is 10.1. The fourth-order valence-corrected chi connectivity index (χ4v) is 2.92. The highest BCUT2D eigenvalue weighted by molar-refractivity contribution is 5.56. The van der Waals surface area contributed by atoms with Crippen molar-refractivity contribution in [1.29, 1.82) is 0 Å². The van der Waals surface area contributed by atoms with E-state index >= 15 is 0 Å². The molecule has 118 valence electrons. The number of hydrogen-bond donors (Lipinski definition) is 1. The van der Waals surface area contributed by atoms with Crippen molar-refractivity contribution in [3.05, 3.63) is 59.8 Å². The van der Waals surface area contributed by atoms with Gasteiger partial charge in [-0.15, -0.1) is 0 Å². The summed E-state index contributed by atoms with van der Waals surface area (Å²) in [6, 6.07) is 10.9. The van der Waals surface area contributed by atoms with Crippen LogP contribution in [0.25, 0.3) is 5.65 Å². The topological polar surface area (TPSA) is 45.5 Å². The predicted octanol–water partition coefficient (Wildman–Crippen LogP) is 1.87. The molecule has 0 unspecified atom stereocenters. The van der Waals surface area contributed by atoms with Crippen LogP contribution in [0.1, 0.15) is 11.4 Å². The average molecular weight is 311 g/mol. The maximum atomic E-state index is 13.8. The van der Waals surface area contributed by atoms with Gasteiger partial charge >= 0.3 is 0 Å². The molecule has 1 saturated heterocycles. The van der Waals surface area contributed by atoms with Crippen molar-refractivity contribution in [2.45, 2.75) is 6.42 Å². The Balaban J connectivity index is 1.61. The van der Waals surface area contributed by atoms with Gasteiger partial charge in [0.1, 0.15) is 5.82 Å². The molecule has 0 saturated carbocycles.